The SMILES string of the molecule is CC.CCCCSNC. The van der Waals surface area contributed by atoms with Gasteiger partial charge in [0.05, 0.1) is 0 Å². The van der Waals surface area contributed by atoms with Crippen molar-refractivity contribution in [2.45, 2.75) is 33.6 Å². The molecule has 58 valence electrons. The summed E-state index contributed by atoms with van der Waals surface area (Å²) in [6.45, 7) is 6.20. The van der Waals surface area contributed by atoms with Crippen LogP contribution in [0.15, 0.2) is 0 Å². The maximum absolute atomic E-state index is 3.02. The van der Waals surface area contributed by atoms with E-state index >= 15 is 0 Å². The topological polar surface area (TPSA) is 12.0 Å². The van der Waals surface area contributed by atoms with Crippen molar-refractivity contribution in [3.63, 3.8) is 0 Å². The largest absolute Gasteiger partial charge is 0.267 e. The molecule has 0 aliphatic rings. The highest BCUT2D eigenvalue weighted by Gasteiger charge is 1.79. The summed E-state index contributed by atoms with van der Waals surface area (Å²) < 4.78 is 3.02. The molecule has 0 saturated carbocycles. The highest BCUT2D eigenvalue weighted by molar-refractivity contribution is 7.97. The first-order valence-electron chi connectivity index (χ1n) is 3.70. The van der Waals surface area contributed by atoms with E-state index < -0.39 is 0 Å². The first-order chi connectivity index (χ1) is 4.41. The van der Waals surface area contributed by atoms with Crippen molar-refractivity contribution in [1.82, 2.24) is 4.72 Å². The van der Waals surface area contributed by atoms with Gasteiger partial charge in [-0.3, -0.25) is 4.72 Å². The maximum Gasteiger partial charge on any atom is 0.00784 e. The molecule has 0 atom stereocenters. The smallest absolute Gasteiger partial charge is 0.00784 e. The van der Waals surface area contributed by atoms with Crippen LogP contribution >= 0.6 is 11.9 Å². The molecular formula is C7H19NS. The van der Waals surface area contributed by atoms with Crippen LogP contribution in [0.5, 0.6) is 0 Å². The van der Waals surface area contributed by atoms with Crippen molar-refractivity contribution in [2.24, 2.45) is 0 Å². The standard InChI is InChI=1S/C5H13NS.C2H6/c1-3-4-5-7-6-2;1-2/h6H,3-5H2,1-2H3;1-2H3. The molecular weight excluding hydrogens is 130 g/mol. The van der Waals surface area contributed by atoms with Crippen LogP contribution in [-0.2, 0) is 0 Å². The van der Waals surface area contributed by atoms with Gasteiger partial charge in [0.15, 0.2) is 0 Å². The second kappa shape index (κ2) is 15.7. The molecule has 0 amide bonds. The van der Waals surface area contributed by atoms with E-state index in [4.69, 9.17) is 0 Å². The van der Waals surface area contributed by atoms with Gasteiger partial charge in [-0.1, -0.05) is 39.1 Å². The van der Waals surface area contributed by atoms with Crippen LogP contribution in [0.3, 0.4) is 0 Å². The first kappa shape index (κ1) is 12.0. The summed E-state index contributed by atoms with van der Waals surface area (Å²) in [5.74, 6) is 1.24. The van der Waals surface area contributed by atoms with Gasteiger partial charge in [-0.2, -0.15) is 0 Å². The minimum absolute atomic E-state index is 1.24. The molecule has 0 aliphatic heterocycles. The predicted molar refractivity (Wildman–Crippen MR) is 47.8 cm³/mol. The lowest BCUT2D eigenvalue weighted by atomic mass is 10.4. The Bertz CT molecular complexity index is 28.1. The average Bonchev–Trinajstić information content (AvgIpc) is 1.94. The third-order valence-corrected chi connectivity index (χ3v) is 1.53. The Morgan fingerprint density at radius 1 is 1.33 bits per heavy atom. The van der Waals surface area contributed by atoms with Gasteiger partial charge >= 0.3 is 0 Å². The van der Waals surface area contributed by atoms with Crippen LogP contribution in [0.2, 0.25) is 0 Å². The molecule has 0 fully saturated rings. The van der Waals surface area contributed by atoms with Crippen LogP contribution < -0.4 is 4.72 Å². The molecule has 0 saturated heterocycles. The predicted octanol–water partition coefficient (Wildman–Crippen LogP) is 2.68. The average molecular weight is 149 g/mol. The van der Waals surface area contributed by atoms with Crippen molar-refractivity contribution < 1.29 is 0 Å². The molecule has 0 heterocycles. The molecule has 0 bridgehead atoms. The summed E-state index contributed by atoms with van der Waals surface area (Å²) in [6.07, 6.45) is 2.63. The zero-order valence-electron chi connectivity index (χ0n) is 7.03. The van der Waals surface area contributed by atoms with E-state index in [9.17, 15) is 0 Å². The summed E-state index contributed by atoms with van der Waals surface area (Å²) >= 11 is 1.78. The molecule has 0 aromatic rings. The Morgan fingerprint density at radius 2 is 1.89 bits per heavy atom. The second-order valence-corrected chi connectivity index (χ2v) is 2.51. The van der Waals surface area contributed by atoms with Gasteiger partial charge in [0.1, 0.15) is 0 Å². The van der Waals surface area contributed by atoms with Gasteiger partial charge in [0.2, 0.25) is 0 Å². The van der Waals surface area contributed by atoms with E-state index in [0.29, 0.717) is 0 Å². The molecule has 0 radical (unpaired) electrons. The van der Waals surface area contributed by atoms with E-state index in [1.54, 1.807) is 11.9 Å². The lowest BCUT2D eigenvalue weighted by Gasteiger charge is -1.92. The van der Waals surface area contributed by atoms with Gasteiger partial charge in [0, 0.05) is 5.75 Å². The monoisotopic (exact) mass is 149 g/mol. The molecule has 0 aliphatic carbocycles. The third-order valence-electron chi connectivity index (χ3n) is 0.744. The van der Waals surface area contributed by atoms with Crippen molar-refractivity contribution >= 4 is 11.9 Å². The quantitative estimate of drug-likeness (QED) is 0.487. The van der Waals surface area contributed by atoms with Crippen LogP contribution in [0.1, 0.15) is 33.6 Å². The maximum atomic E-state index is 3.02. The van der Waals surface area contributed by atoms with Crippen molar-refractivity contribution in [3.8, 4) is 0 Å². The lowest BCUT2D eigenvalue weighted by molar-refractivity contribution is 0.894. The van der Waals surface area contributed by atoms with E-state index in [1.807, 2.05) is 20.9 Å². The second-order valence-electron chi connectivity index (χ2n) is 1.41. The van der Waals surface area contributed by atoms with Crippen LogP contribution in [0.4, 0.5) is 0 Å². The summed E-state index contributed by atoms with van der Waals surface area (Å²) in [5.41, 5.74) is 0. The number of nitrogens with one attached hydrogen (secondary N) is 1. The Morgan fingerprint density at radius 3 is 2.22 bits per heavy atom. The van der Waals surface area contributed by atoms with E-state index in [2.05, 4.69) is 11.6 Å². The lowest BCUT2D eigenvalue weighted by Crippen LogP contribution is -1.92. The highest BCUT2D eigenvalue weighted by atomic mass is 32.2. The summed E-state index contributed by atoms with van der Waals surface area (Å²) in [6, 6.07) is 0. The fourth-order valence-corrected chi connectivity index (χ4v) is 0.956. The number of unbranched alkanes of at least 4 members (excludes halogenated alkanes) is 1. The summed E-state index contributed by atoms with van der Waals surface area (Å²) in [5, 5.41) is 0. The molecule has 2 heteroatoms. The van der Waals surface area contributed by atoms with Crippen LogP contribution in [0, 0.1) is 0 Å². The molecule has 0 rings (SSSR count). The van der Waals surface area contributed by atoms with Gasteiger partial charge in [-0.15, -0.1) is 0 Å². The van der Waals surface area contributed by atoms with Crippen LogP contribution in [-0.4, -0.2) is 12.8 Å². The Hall–Kier alpha value is 0.310. The van der Waals surface area contributed by atoms with Gasteiger partial charge in [-0.25, -0.2) is 0 Å². The van der Waals surface area contributed by atoms with Crippen LogP contribution in [0.25, 0.3) is 0 Å². The van der Waals surface area contributed by atoms with Gasteiger partial charge < -0.3 is 0 Å². The molecule has 0 unspecified atom stereocenters. The van der Waals surface area contributed by atoms with Crippen molar-refractivity contribution in [3.05, 3.63) is 0 Å². The van der Waals surface area contributed by atoms with Crippen molar-refractivity contribution in [1.29, 1.82) is 0 Å². The fourth-order valence-electron chi connectivity index (χ4n) is 0.319. The Labute approximate surface area is 63.7 Å². The normalized spacial score (nSPS) is 8.00. The summed E-state index contributed by atoms with van der Waals surface area (Å²) in [7, 11) is 1.96. The minimum Gasteiger partial charge on any atom is -0.267 e. The van der Waals surface area contributed by atoms with Gasteiger partial charge in [-0.05, 0) is 13.5 Å². The highest BCUT2D eigenvalue weighted by Crippen LogP contribution is 1.96. The summed E-state index contributed by atoms with van der Waals surface area (Å²) in [4.78, 5) is 0. The van der Waals surface area contributed by atoms with E-state index in [1.165, 1.54) is 18.6 Å². The molecule has 1 N–H and O–H groups in total. The molecule has 0 spiro atoms. The number of hydrogen-bond acceptors (Lipinski definition) is 2. The first-order valence-corrected chi connectivity index (χ1v) is 4.69. The number of hydrogen-bond donors (Lipinski definition) is 1. The molecule has 1 nitrogen and oxygen atoms in total. The fraction of sp³-hybridized carbons (Fsp3) is 1.00. The van der Waals surface area contributed by atoms with Crippen molar-refractivity contribution in [2.75, 3.05) is 12.8 Å². The Kier molecular flexibility index (Phi) is 21.1. The van der Waals surface area contributed by atoms with Gasteiger partial charge in [0.25, 0.3) is 0 Å². The van der Waals surface area contributed by atoms with E-state index in [-0.39, 0.29) is 0 Å². The van der Waals surface area contributed by atoms with E-state index in [0.717, 1.165) is 0 Å². The Balaban J connectivity index is 0. The zero-order valence-corrected chi connectivity index (χ0v) is 7.85. The molecule has 0 aromatic heterocycles. The zero-order chi connectivity index (χ0) is 7.54. The number of rotatable bonds is 4. The third kappa shape index (κ3) is 17.8. The molecule has 9 heavy (non-hydrogen) atoms. The molecule has 0 aromatic carbocycles. The minimum atomic E-state index is 1.24.